The summed E-state index contributed by atoms with van der Waals surface area (Å²) in [6.45, 7) is 5.38. The van der Waals surface area contributed by atoms with Crippen molar-refractivity contribution < 1.29 is 0 Å². The molecule has 0 saturated carbocycles. The molecule has 0 radical (unpaired) electrons. The number of anilines is 2. The zero-order chi connectivity index (χ0) is 12.7. The van der Waals surface area contributed by atoms with E-state index < -0.39 is 0 Å². The van der Waals surface area contributed by atoms with Gasteiger partial charge < -0.3 is 20.5 Å². The quantitative estimate of drug-likeness (QED) is 0.743. The summed E-state index contributed by atoms with van der Waals surface area (Å²) in [5.74, 6) is 0.955. The number of imidazole rings is 1. The molecule has 1 aliphatic heterocycles. The zero-order valence-corrected chi connectivity index (χ0v) is 10.8. The summed E-state index contributed by atoms with van der Waals surface area (Å²) in [5, 5.41) is 0. The Morgan fingerprint density at radius 2 is 2.22 bits per heavy atom. The van der Waals surface area contributed by atoms with Crippen LogP contribution in [0.2, 0.25) is 0 Å². The lowest BCUT2D eigenvalue weighted by molar-refractivity contribution is 0.274. The number of hydrogen-bond donors (Lipinski definition) is 2. The Labute approximate surface area is 107 Å². The topological polar surface area (TPSA) is 61.2 Å². The summed E-state index contributed by atoms with van der Waals surface area (Å²) in [6, 6.07) is 6.26. The molecule has 1 aliphatic rings. The Bertz CT molecular complexity index is 562. The number of nitrogens with zero attached hydrogens (tertiary/aromatic N) is 3. The molecule has 0 spiro atoms. The maximum Gasteiger partial charge on any atom is 0.204 e. The van der Waals surface area contributed by atoms with Crippen LogP contribution in [-0.4, -0.2) is 47.6 Å². The third-order valence-electron chi connectivity index (χ3n) is 3.60. The summed E-state index contributed by atoms with van der Waals surface area (Å²) in [4.78, 5) is 12.7. The standard InChI is InChI=1S/C13H19N5/c1-9-8-17(2)5-6-18(9)13-15-11-4-3-10(14)7-12(11)16-13/h3-4,7,9H,5-6,8,14H2,1-2H3,(H,15,16). The molecule has 0 amide bonds. The fraction of sp³-hybridized carbons (Fsp3) is 0.462. The van der Waals surface area contributed by atoms with E-state index in [-0.39, 0.29) is 0 Å². The number of benzene rings is 1. The third-order valence-corrected chi connectivity index (χ3v) is 3.60. The van der Waals surface area contributed by atoms with E-state index in [4.69, 9.17) is 5.73 Å². The fourth-order valence-electron chi connectivity index (χ4n) is 2.60. The second-order valence-electron chi connectivity index (χ2n) is 5.14. The first-order valence-corrected chi connectivity index (χ1v) is 6.34. The number of fused-ring (bicyclic) bond motifs is 1. The van der Waals surface area contributed by atoms with Gasteiger partial charge in [0, 0.05) is 31.4 Å². The van der Waals surface area contributed by atoms with Gasteiger partial charge in [0.05, 0.1) is 11.0 Å². The van der Waals surface area contributed by atoms with Crippen LogP contribution in [0, 0.1) is 0 Å². The molecule has 1 saturated heterocycles. The number of hydrogen-bond acceptors (Lipinski definition) is 4. The van der Waals surface area contributed by atoms with Crippen molar-refractivity contribution in [3.05, 3.63) is 18.2 Å². The van der Waals surface area contributed by atoms with Gasteiger partial charge >= 0.3 is 0 Å². The second-order valence-corrected chi connectivity index (χ2v) is 5.14. The fourth-order valence-corrected chi connectivity index (χ4v) is 2.60. The van der Waals surface area contributed by atoms with Gasteiger partial charge in [0.2, 0.25) is 5.95 Å². The minimum Gasteiger partial charge on any atom is -0.399 e. The van der Waals surface area contributed by atoms with Crippen LogP contribution in [0.25, 0.3) is 11.0 Å². The monoisotopic (exact) mass is 245 g/mol. The van der Waals surface area contributed by atoms with E-state index in [2.05, 4.69) is 33.7 Å². The molecule has 1 aromatic carbocycles. The minimum absolute atomic E-state index is 0.474. The predicted octanol–water partition coefficient (Wildman–Crippen LogP) is 1.29. The van der Waals surface area contributed by atoms with Crippen LogP contribution in [-0.2, 0) is 0 Å². The zero-order valence-electron chi connectivity index (χ0n) is 10.8. The van der Waals surface area contributed by atoms with Gasteiger partial charge in [-0.15, -0.1) is 0 Å². The minimum atomic E-state index is 0.474. The molecule has 1 aromatic heterocycles. The Balaban J connectivity index is 1.94. The summed E-state index contributed by atoms with van der Waals surface area (Å²) in [6.07, 6.45) is 0. The molecule has 1 atom stereocenters. The Hall–Kier alpha value is -1.75. The van der Waals surface area contributed by atoms with Crippen molar-refractivity contribution in [3.63, 3.8) is 0 Å². The highest BCUT2D eigenvalue weighted by atomic mass is 15.3. The first-order valence-electron chi connectivity index (χ1n) is 6.34. The van der Waals surface area contributed by atoms with Crippen LogP contribution in [0.1, 0.15) is 6.92 Å². The molecule has 5 heteroatoms. The number of nitrogen functional groups attached to an aromatic ring is 1. The first-order chi connectivity index (χ1) is 8.63. The van der Waals surface area contributed by atoms with Crippen LogP contribution >= 0.6 is 0 Å². The summed E-state index contributed by atoms with van der Waals surface area (Å²) >= 11 is 0. The number of piperazine rings is 1. The van der Waals surface area contributed by atoms with Crippen LogP contribution in [0.3, 0.4) is 0 Å². The van der Waals surface area contributed by atoms with Crippen molar-refractivity contribution in [1.82, 2.24) is 14.9 Å². The van der Waals surface area contributed by atoms with Gasteiger partial charge in [0.15, 0.2) is 0 Å². The molecule has 2 aromatic rings. The van der Waals surface area contributed by atoms with E-state index >= 15 is 0 Å². The third kappa shape index (κ3) is 1.90. The van der Waals surface area contributed by atoms with Crippen molar-refractivity contribution >= 4 is 22.7 Å². The van der Waals surface area contributed by atoms with E-state index in [0.29, 0.717) is 6.04 Å². The molecule has 0 aliphatic carbocycles. The van der Waals surface area contributed by atoms with Gasteiger partial charge in [-0.05, 0) is 32.2 Å². The molecule has 3 N–H and O–H groups in total. The molecule has 1 fully saturated rings. The molecular weight excluding hydrogens is 226 g/mol. The van der Waals surface area contributed by atoms with Gasteiger partial charge in [0.1, 0.15) is 0 Å². The van der Waals surface area contributed by atoms with E-state index in [1.807, 2.05) is 18.2 Å². The molecule has 96 valence electrons. The van der Waals surface area contributed by atoms with Crippen molar-refractivity contribution in [2.75, 3.05) is 37.3 Å². The highest BCUT2D eigenvalue weighted by Crippen LogP contribution is 2.22. The molecule has 2 heterocycles. The van der Waals surface area contributed by atoms with Crippen LogP contribution in [0.15, 0.2) is 18.2 Å². The highest BCUT2D eigenvalue weighted by Gasteiger charge is 2.23. The lowest BCUT2D eigenvalue weighted by Gasteiger charge is -2.38. The SMILES string of the molecule is CC1CN(C)CCN1c1nc2ccc(N)cc2[nH]1. The van der Waals surface area contributed by atoms with E-state index in [1.54, 1.807) is 0 Å². The summed E-state index contributed by atoms with van der Waals surface area (Å²) < 4.78 is 0. The number of aromatic nitrogens is 2. The average molecular weight is 245 g/mol. The number of likely N-dealkylation sites (N-methyl/N-ethyl adjacent to an activating group) is 1. The molecule has 18 heavy (non-hydrogen) atoms. The Morgan fingerprint density at radius 3 is 3.00 bits per heavy atom. The molecule has 0 bridgehead atoms. The van der Waals surface area contributed by atoms with Gasteiger partial charge in [-0.25, -0.2) is 4.98 Å². The summed E-state index contributed by atoms with van der Waals surface area (Å²) in [7, 11) is 2.16. The van der Waals surface area contributed by atoms with Crippen molar-refractivity contribution in [2.45, 2.75) is 13.0 Å². The number of nitrogens with two attached hydrogens (primary N) is 1. The van der Waals surface area contributed by atoms with Crippen LogP contribution in [0.4, 0.5) is 11.6 Å². The van der Waals surface area contributed by atoms with E-state index in [9.17, 15) is 0 Å². The van der Waals surface area contributed by atoms with Crippen molar-refractivity contribution in [1.29, 1.82) is 0 Å². The van der Waals surface area contributed by atoms with Gasteiger partial charge in [-0.2, -0.15) is 0 Å². The first kappa shape index (κ1) is 11.3. The number of nitrogens with one attached hydrogen (secondary N) is 1. The molecule has 5 nitrogen and oxygen atoms in total. The number of aromatic amines is 1. The maximum atomic E-state index is 5.79. The predicted molar refractivity (Wildman–Crippen MR) is 74.8 cm³/mol. The second kappa shape index (κ2) is 4.17. The van der Waals surface area contributed by atoms with Gasteiger partial charge in [-0.1, -0.05) is 0 Å². The molecular formula is C13H19N5. The van der Waals surface area contributed by atoms with Crippen molar-refractivity contribution in [3.8, 4) is 0 Å². The van der Waals surface area contributed by atoms with E-state index in [0.717, 1.165) is 42.3 Å². The average Bonchev–Trinajstić information content (AvgIpc) is 2.71. The lowest BCUT2D eigenvalue weighted by atomic mass is 10.2. The van der Waals surface area contributed by atoms with Gasteiger partial charge in [-0.3, -0.25) is 0 Å². The number of H-pyrrole nitrogens is 1. The Morgan fingerprint density at radius 1 is 1.39 bits per heavy atom. The van der Waals surface area contributed by atoms with Crippen LogP contribution < -0.4 is 10.6 Å². The van der Waals surface area contributed by atoms with Gasteiger partial charge in [0.25, 0.3) is 0 Å². The van der Waals surface area contributed by atoms with Crippen molar-refractivity contribution in [2.24, 2.45) is 0 Å². The maximum absolute atomic E-state index is 5.79. The highest BCUT2D eigenvalue weighted by molar-refractivity contribution is 5.80. The van der Waals surface area contributed by atoms with E-state index in [1.165, 1.54) is 0 Å². The largest absolute Gasteiger partial charge is 0.399 e. The Kier molecular flexibility index (Phi) is 2.63. The van der Waals surface area contributed by atoms with Crippen LogP contribution in [0.5, 0.6) is 0 Å². The number of rotatable bonds is 1. The lowest BCUT2D eigenvalue weighted by Crippen LogP contribution is -2.50. The molecule has 1 unspecified atom stereocenters. The summed E-state index contributed by atoms with van der Waals surface area (Å²) in [5.41, 5.74) is 8.54. The smallest absolute Gasteiger partial charge is 0.204 e. The molecule has 3 rings (SSSR count). The normalized spacial score (nSPS) is 21.7.